The molecule has 0 spiro atoms. The van der Waals surface area contributed by atoms with Gasteiger partial charge in [0.15, 0.2) is 0 Å². The smallest absolute Gasteiger partial charge is 0.245 e. The largest absolute Gasteiger partial charge is 0.495 e. The number of rotatable bonds is 9. The van der Waals surface area contributed by atoms with Crippen molar-refractivity contribution in [3.05, 3.63) is 89.5 Å². The van der Waals surface area contributed by atoms with Crippen molar-refractivity contribution in [1.29, 1.82) is 0 Å². The van der Waals surface area contributed by atoms with E-state index >= 15 is 0 Å². The number of carbonyl (C=O) groups excluding carboxylic acids is 1. The van der Waals surface area contributed by atoms with Crippen LogP contribution < -0.4 is 14.8 Å². The van der Waals surface area contributed by atoms with Crippen LogP contribution in [0.4, 0.5) is 5.69 Å². The van der Waals surface area contributed by atoms with E-state index in [2.05, 4.69) is 10.0 Å². The monoisotopic (exact) mass is 452 g/mol. The topological polar surface area (TPSA) is 84.5 Å². The zero-order chi connectivity index (χ0) is 23.1. The molecular weight excluding hydrogens is 424 g/mol. The Bertz CT molecular complexity index is 1180. The fraction of sp³-hybridized carbons (Fsp3) is 0.240. The lowest BCUT2D eigenvalue weighted by molar-refractivity contribution is -0.117. The molecule has 0 heterocycles. The summed E-state index contributed by atoms with van der Waals surface area (Å²) in [5, 5.41) is 2.90. The Kier molecular flexibility index (Phi) is 7.66. The summed E-state index contributed by atoms with van der Waals surface area (Å²) in [4.78, 5) is 13.2. The Hall–Kier alpha value is -3.16. The van der Waals surface area contributed by atoms with E-state index in [0.717, 1.165) is 23.1 Å². The first-order valence-corrected chi connectivity index (χ1v) is 11.9. The van der Waals surface area contributed by atoms with Crippen LogP contribution in [0.2, 0.25) is 0 Å². The van der Waals surface area contributed by atoms with Crippen molar-refractivity contribution < 1.29 is 17.9 Å². The maximum absolute atomic E-state index is 13.3. The highest BCUT2D eigenvalue weighted by atomic mass is 32.2. The van der Waals surface area contributed by atoms with Gasteiger partial charge in [0, 0.05) is 5.69 Å². The van der Waals surface area contributed by atoms with Gasteiger partial charge >= 0.3 is 0 Å². The summed E-state index contributed by atoms with van der Waals surface area (Å²) in [7, 11) is -2.62. The fourth-order valence-corrected chi connectivity index (χ4v) is 4.90. The van der Waals surface area contributed by atoms with Crippen molar-refractivity contribution in [2.45, 2.75) is 37.6 Å². The average Bonchev–Trinajstić information content (AvgIpc) is 2.79. The number of amides is 1. The van der Waals surface area contributed by atoms with E-state index < -0.39 is 22.0 Å². The van der Waals surface area contributed by atoms with Crippen LogP contribution in [0.25, 0.3) is 0 Å². The Morgan fingerprint density at radius 2 is 1.69 bits per heavy atom. The molecule has 0 radical (unpaired) electrons. The van der Waals surface area contributed by atoms with Gasteiger partial charge in [-0.25, -0.2) is 8.42 Å². The van der Waals surface area contributed by atoms with Crippen LogP contribution in [0.3, 0.4) is 0 Å². The predicted molar refractivity (Wildman–Crippen MR) is 126 cm³/mol. The van der Waals surface area contributed by atoms with Crippen LogP contribution in [0.15, 0.2) is 77.7 Å². The van der Waals surface area contributed by atoms with Crippen molar-refractivity contribution in [2.24, 2.45) is 0 Å². The summed E-state index contributed by atoms with van der Waals surface area (Å²) in [6.07, 6.45) is 0.945. The van der Waals surface area contributed by atoms with Crippen LogP contribution >= 0.6 is 0 Å². The number of aryl methyl sites for hydroxylation is 2. The zero-order valence-corrected chi connectivity index (χ0v) is 19.3. The highest BCUT2D eigenvalue weighted by Crippen LogP contribution is 2.25. The number of hydrogen-bond acceptors (Lipinski definition) is 4. The molecule has 0 bridgehead atoms. The number of methoxy groups -OCH3 is 1. The van der Waals surface area contributed by atoms with Gasteiger partial charge in [0.1, 0.15) is 16.7 Å². The molecule has 0 unspecified atom stereocenters. The molecule has 0 saturated carbocycles. The molecule has 2 N–H and O–H groups in total. The molecule has 1 amide bonds. The number of para-hydroxylation sites is 1. The van der Waals surface area contributed by atoms with Gasteiger partial charge in [-0.15, -0.1) is 0 Å². The maximum atomic E-state index is 13.3. The van der Waals surface area contributed by atoms with Gasteiger partial charge in [-0.3, -0.25) is 4.79 Å². The van der Waals surface area contributed by atoms with E-state index in [9.17, 15) is 13.2 Å². The molecule has 0 aromatic heterocycles. The minimum absolute atomic E-state index is 0.000167. The van der Waals surface area contributed by atoms with Crippen LogP contribution in [0.1, 0.15) is 23.6 Å². The third kappa shape index (κ3) is 5.75. The molecule has 0 fully saturated rings. The van der Waals surface area contributed by atoms with E-state index in [0.29, 0.717) is 5.69 Å². The minimum atomic E-state index is -4.03. The van der Waals surface area contributed by atoms with E-state index in [-0.39, 0.29) is 17.1 Å². The lowest BCUT2D eigenvalue weighted by Gasteiger charge is -2.20. The number of carbonyl (C=O) groups is 1. The number of sulfonamides is 1. The second-order valence-corrected chi connectivity index (χ2v) is 9.20. The Labute approximate surface area is 189 Å². The van der Waals surface area contributed by atoms with Gasteiger partial charge in [-0.1, -0.05) is 61.5 Å². The highest BCUT2D eigenvalue weighted by molar-refractivity contribution is 7.89. The van der Waals surface area contributed by atoms with Gasteiger partial charge in [0.25, 0.3) is 0 Å². The second kappa shape index (κ2) is 10.4. The fourth-order valence-electron chi connectivity index (χ4n) is 3.45. The number of hydrogen-bond donors (Lipinski definition) is 2. The molecule has 32 heavy (non-hydrogen) atoms. The van der Waals surface area contributed by atoms with E-state index in [1.807, 2.05) is 61.5 Å². The number of nitrogens with one attached hydrogen (secondary N) is 2. The molecular formula is C25H28N2O4S. The first-order chi connectivity index (χ1) is 15.3. The summed E-state index contributed by atoms with van der Waals surface area (Å²) in [6, 6.07) is 20.7. The molecule has 0 saturated heterocycles. The molecule has 3 rings (SSSR count). The van der Waals surface area contributed by atoms with Crippen molar-refractivity contribution in [2.75, 3.05) is 12.4 Å². The SMILES string of the molecule is CCc1ccccc1NC(=O)[C@@H](Cc1ccccc1)NS(=O)(=O)c1cc(C)ccc1OC. The molecule has 7 heteroatoms. The lowest BCUT2D eigenvalue weighted by Crippen LogP contribution is -2.45. The summed E-state index contributed by atoms with van der Waals surface area (Å²) in [6.45, 7) is 3.80. The molecule has 0 aliphatic heterocycles. The molecule has 3 aromatic rings. The summed E-state index contributed by atoms with van der Waals surface area (Å²) in [5.74, 6) is -0.205. The quantitative estimate of drug-likeness (QED) is 0.512. The first kappa shape index (κ1) is 23.5. The Morgan fingerprint density at radius 3 is 2.38 bits per heavy atom. The van der Waals surface area contributed by atoms with Gasteiger partial charge in [0.05, 0.1) is 7.11 Å². The Balaban J connectivity index is 1.94. The summed E-state index contributed by atoms with van der Waals surface area (Å²) >= 11 is 0. The third-order valence-electron chi connectivity index (χ3n) is 5.16. The normalized spacial score (nSPS) is 12.2. The molecule has 6 nitrogen and oxygen atoms in total. The number of benzene rings is 3. The standard InChI is InChI=1S/C25H28N2O4S/c1-4-20-12-8-9-13-21(20)26-25(28)22(17-19-10-6-5-7-11-19)27-32(29,30)24-16-18(2)14-15-23(24)31-3/h5-16,22,27H,4,17H2,1-3H3,(H,26,28)/t22-/m1/s1. The van der Waals surface area contributed by atoms with Gasteiger partial charge in [-0.05, 0) is 54.7 Å². The summed E-state index contributed by atoms with van der Waals surface area (Å²) < 4.78 is 34.4. The highest BCUT2D eigenvalue weighted by Gasteiger charge is 2.28. The number of ether oxygens (including phenoxy) is 1. The van der Waals surface area contributed by atoms with E-state index in [1.54, 1.807) is 19.1 Å². The molecule has 1 atom stereocenters. The van der Waals surface area contributed by atoms with Crippen LogP contribution in [0, 0.1) is 6.92 Å². The van der Waals surface area contributed by atoms with Crippen LogP contribution in [0.5, 0.6) is 5.75 Å². The number of anilines is 1. The van der Waals surface area contributed by atoms with Gasteiger partial charge in [-0.2, -0.15) is 4.72 Å². The van der Waals surface area contributed by atoms with Gasteiger partial charge < -0.3 is 10.1 Å². The predicted octanol–water partition coefficient (Wildman–Crippen LogP) is 4.09. The van der Waals surface area contributed by atoms with Crippen molar-refractivity contribution in [3.63, 3.8) is 0 Å². The van der Waals surface area contributed by atoms with Crippen molar-refractivity contribution in [3.8, 4) is 5.75 Å². The molecule has 168 valence electrons. The third-order valence-corrected chi connectivity index (χ3v) is 6.65. The lowest BCUT2D eigenvalue weighted by atomic mass is 10.1. The average molecular weight is 453 g/mol. The van der Waals surface area contributed by atoms with Gasteiger partial charge in [0.2, 0.25) is 15.9 Å². The second-order valence-electron chi connectivity index (χ2n) is 7.52. The van der Waals surface area contributed by atoms with Crippen molar-refractivity contribution in [1.82, 2.24) is 4.72 Å². The minimum Gasteiger partial charge on any atom is -0.495 e. The Morgan fingerprint density at radius 1 is 1.00 bits per heavy atom. The maximum Gasteiger partial charge on any atom is 0.245 e. The molecule has 0 aliphatic carbocycles. The van der Waals surface area contributed by atoms with Crippen LogP contribution in [-0.4, -0.2) is 27.5 Å². The zero-order valence-electron chi connectivity index (χ0n) is 18.5. The van der Waals surface area contributed by atoms with E-state index in [4.69, 9.17) is 4.74 Å². The summed E-state index contributed by atoms with van der Waals surface area (Å²) in [5.41, 5.74) is 3.26. The van der Waals surface area contributed by atoms with E-state index in [1.165, 1.54) is 13.2 Å². The molecule has 0 aliphatic rings. The molecule has 3 aromatic carbocycles. The van der Waals surface area contributed by atoms with Crippen molar-refractivity contribution >= 4 is 21.6 Å². The first-order valence-electron chi connectivity index (χ1n) is 10.4. The van der Waals surface area contributed by atoms with Crippen LogP contribution in [-0.2, 0) is 27.7 Å².